The van der Waals surface area contributed by atoms with Crippen molar-refractivity contribution in [1.29, 1.82) is 0 Å². The number of ether oxygens (including phenoxy) is 1. The second kappa shape index (κ2) is 8.64. The highest BCUT2D eigenvalue weighted by Crippen LogP contribution is 2.23. The number of rotatable bonds is 7. The van der Waals surface area contributed by atoms with Crippen LogP contribution in [0.15, 0.2) is 42.5 Å². The van der Waals surface area contributed by atoms with Gasteiger partial charge in [0, 0.05) is 23.3 Å². The number of hydrogen-bond donors (Lipinski definition) is 1. The molecule has 2 aromatic carbocycles. The van der Waals surface area contributed by atoms with Crippen LogP contribution in [0.5, 0.6) is 0 Å². The van der Waals surface area contributed by atoms with E-state index in [0.29, 0.717) is 5.56 Å². The predicted molar refractivity (Wildman–Crippen MR) is 104 cm³/mol. The van der Waals surface area contributed by atoms with Gasteiger partial charge >= 0.3 is 5.97 Å². The summed E-state index contributed by atoms with van der Waals surface area (Å²) in [6.45, 7) is 0.992. The number of fused-ring (bicyclic) bond motifs is 1. The first kappa shape index (κ1) is 20.2. The second-order valence-electron chi connectivity index (χ2n) is 6.87. The van der Waals surface area contributed by atoms with Gasteiger partial charge in [0.05, 0.1) is 4.92 Å². The van der Waals surface area contributed by atoms with Gasteiger partial charge in [0.1, 0.15) is 6.04 Å². The molecule has 0 saturated carbocycles. The molecule has 1 aliphatic carbocycles. The normalized spacial score (nSPS) is 13.3. The van der Waals surface area contributed by atoms with Crippen LogP contribution in [-0.2, 0) is 22.4 Å². The predicted octanol–water partition coefficient (Wildman–Crippen LogP) is 2.63. The first-order valence-electron chi connectivity index (χ1n) is 9.22. The lowest BCUT2D eigenvalue weighted by molar-refractivity contribution is -0.384. The van der Waals surface area contributed by atoms with Crippen LogP contribution in [0.3, 0.4) is 0 Å². The van der Waals surface area contributed by atoms with Crippen molar-refractivity contribution in [2.75, 3.05) is 6.61 Å². The van der Waals surface area contributed by atoms with Crippen molar-refractivity contribution in [2.45, 2.75) is 32.2 Å². The van der Waals surface area contributed by atoms with Crippen LogP contribution < -0.4 is 5.32 Å². The lowest BCUT2D eigenvalue weighted by Gasteiger charge is -2.13. The zero-order valence-corrected chi connectivity index (χ0v) is 15.8. The molecule has 1 amide bonds. The van der Waals surface area contributed by atoms with Crippen molar-refractivity contribution in [1.82, 2.24) is 5.32 Å². The van der Waals surface area contributed by atoms with Gasteiger partial charge in [0.15, 0.2) is 12.4 Å². The molecule has 0 saturated heterocycles. The number of Topliss-reactive ketones (excluding diaryl/α,β-unsaturated/α-hetero) is 1. The number of carbonyl (C=O) groups is 3. The molecule has 8 heteroatoms. The van der Waals surface area contributed by atoms with Gasteiger partial charge in [-0.2, -0.15) is 0 Å². The molecule has 0 unspecified atom stereocenters. The number of esters is 1. The van der Waals surface area contributed by atoms with Crippen LogP contribution in [-0.4, -0.2) is 35.2 Å². The maximum Gasteiger partial charge on any atom is 0.328 e. The highest BCUT2D eigenvalue weighted by Gasteiger charge is 2.21. The maximum atomic E-state index is 12.3. The van der Waals surface area contributed by atoms with Gasteiger partial charge < -0.3 is 10.1 Å². The van der Waals surface area contributed by atoms with E-state index in [9.17, 15) is 24.5 Å². The zero-order chi connectivity index (χ0) is 21.0. The summed E-state index contributed by atoms with van der Waals surface area (Å²) in [6.07, 6.45) is 3.03. The Hall–Kier alpha value is -3.55. The number of nitro groups is 1. The van der Waals surface area contributed by atoms with Gasteiger partial charge in [-0.25, -0.2) is 4.79 Å². The molecule has 0 spiro atoms. The van der Waals surface area contributed by atoms with Gasteiger partial charge in [-0.15, -0.1) is 0 Å². The van der Waals surface area contributed by atoms with Crippen molar-refractivity contribution in [3.8, 4) is 0 Å². The van der Waals surface area contributed by atoms with Crippen LogP contribution >= 0.6 is 0 Å². The standard InChI is InChI=1S/C21H20N2O6/c1-13(22-20(25)17-6-3-7-18(11-17)23(27)28)21(26)29-12-19(24)16-9-8-14-4-2-5-15(14)10-16/h3,6-11,13H,2,4-5,12H2,1H3,(H,22,25)/t13-/m0/s1. The van der Waals surface area contributed by atoms with Gasteiger partial charge in [-0.3, -0.25) is 19.7 Å². The third kappa shape index (κ3) is 4.84. The van der Waals surface area contributed by atoms with E-state index in [1.807, 2.05) is 12.1 Å². The average Bonchev–Trinajstić information content (AvgIpc) is 3.19. The number of amides is 1. The molecule has 8 nitrogen and oxygen atoms in total. The van der Waals surface area contributed by atoms with Gasteiger partial charge in [0.2, 0.25) is 0 Å². The summed E-state index contributed by atoms with van der Waals surface area (Å²) in [5.74, 6) is -1.73. The molecule has 0 aromatic heterocycles. The summed E-state index contributed by atoms with van der Waals surface area (Å²) >= 11 is 0. The molecule has 150 valence electrons. The average molecular weight is 396 g/mol. The Balaban J connectivity index is 1.53. The van der Waals surface area contributed by atoms with Crippen LogP contribution in [0.4, 0.5) is 5.69 Å². The highest BCUT2D eigenvalue weighted by molar-refractivity contribution is 5.99. The summed E-state index contributed by atoms with van der Waals surface area (Å²) in [5.41, 5.74) is 2.71. The Morgan fingerprint density at radius 3 is 2.62 bits per heavy atom. The SMILES string of the molecule is C[C@H](NC(=O)c1cccc([N+](=O)[O-])c1)C(=O)OCC(=O)c1ccc2c(c1)CCC2. The Bertz CT molecular complexity index is 985. The lowest BCUT2D eigenvalue weighted by Crippen LogP contribution is -2.40. The summed E-state index contributed by atoms with van der Waals surface area (Å²) in [6, 6.07) is 9.64. The largest absolute Gasteiger partial charge is 0.456 e. The number of nitrogens with one attached hydrogen (secondary N) is 1. The molecule has 1 aliphatic rings. The fourth-order valence-corrected chi connectivity index (χ4v) is 3.19. The molecule has 1 N–H and O–H groups in total. The van der Waals surface area contributed by atoms with Gasteiger partial charge in [0.25, 0.3) is 11.6 Å². The van der Waals surface area contributed by atoms with E-state index in [1.54, 1.807) is 6.07 Å². The molecule has 0 bridgehead atoms. The monoisotopic (exact) mass is 396 g/mol. The summed E-state index contributed by atoms with van der Waals surface area (Å²) in [5, 5.41) is 13.2. The lowest BCUT2D eigenvalue weighted by atomic mass is 10.0. The van der Waals surface area contributed by atoms with Crippen molar-refractivity contribution >= 4 is 23.3 Å². The zero-order valence-electron chi connectivity index (χ0n) is 15.8. The molecule has 3 rings (SSSR count). The Kier molecular flexibility index (Phi) is 6.01. The van der Waals surface area contributed by atoms with E-state index in [4.69, 9.17) is 4.74 Å². The third-order valence-electron chi connectivity index (χ3n) is 4.79. The fraction of sp³-hybridized carbons (Fsp3) is 0.286. The van der Waals surface area contributed by atoms with E-state index >= 15 is 0 Å². The molecule has 2 aromatic rings. The van der Waals surface area contributed by atoms with Crippen LogP contribution in [0, 0.1) is 10.1 Å². The minimum absolute atomic E-state index is 0.0491. The molecular formula is C21H20N2O6. The summed E-state index contributed by atoms with van der Waals surface area (Å²) in [4.78, 5) is 46.8. The first-order valence-corrected chi connectivity index (χ1v) is 9.22. The molecular weight excluding hydrogens is 376 g/mol. The number of carbonyl (C=O) groups excluding carboxylic acids is 3. The molecule has 0 aliphatic heterocycles. The van der Waals surface area contributed by atoms with Gasteiger partial charge in [-0.05, 0) is 49.4 Å². The minimum Gasteiger partial charge on any atom is -0.456 e. The second-order valence-corrected chi connectivity index (χ2v) is 6.87. The Morgan fingerprint density at radius 2 is 1.86 bits per heavy atom. The highest BCUT2D eigenvalue weighted by atomic mass is 16.6. The molecule has 0 fully saturated rings. The number of non-ortho nitro benzene ring substituents is 1. The van der Waals surface area contributed by atoms with E-state index < -0.39 is 29.4 Å². The van der Waals surface area contributed by atoms with Gasteiger partial charge in [-0.1, -0.05) is 18.2 Å². The molecule has 1 atom stereocenters. The fourth-order valence-electron chi connectivity index (χ4n) is 3.19. The smallest absolute Gasteiger partial charge is 0.328 e. The minimum atomic E-state index is -1.02. The van der Waals surface area contributed by atoms with Crippen molar-refractivity contribution in [3.63, 3.8) is 0 Å². The Labute approximate surface area is 167 Å². The number of aryl methyl sites for hydroxylation is 2. The number of nitrogens with zero attached hydrogens (tertiary/aromatic N) is 1. The van der Waals surface area contributed by atoms with E-state index in [2.05, 4.69) is 5.32 Å². The number of nitro benzene ring substituents is 1. The van der Waals surface area contributed by atoms with Crippen LogP contribution in [0.2, 0.25) is 0 Å². The van der Waals surface area contributed by atoms with Crippen LogP contribution in [0.25, 0.3) is 0 Å². The third-order valence-corrected chi connectivity index (χ3v) is 4.79. The van der Waals surface area contributed by atoms with E-state index in [1.165, 1.54) is 30.7 Å². The first-order chi connectivity index (χ1) is 13.8. The number of benzene rings is 2. The summed E-state index contributed by atoms with van der Waals surface area (Å²) in [7, 11) is 0. The Morgan fingerprint density at radius 1 is 1.10 bits per heavy atom. The number of ketones is 1. The summed E-state index contributed by atoms with van der Waals surface area (Å²) < 4.78 is 5.03. The topological polar surface area (TPSA) is 116 Å². The van der Waals surface area contributed by atoms with Crippen molar-refractivity contribution in [2.24, 2.45) is 0 Å². The number of hydrogen-bond acceptors (Lipinski definition) is 6. The van der Waals surface area contributed by atoms with Crippen LogP contribution in [0.1, 0.15) is 45.2 Å². The van der Waals surface area contributed by atoms with Crippen molar-refractivity contribution < 1.29 is 24.0 Å². The molecule has 0 heterocycles. The van der Waals surface area contributed by atoms with E-state index in [-0.39, 0.29) is 17.0 Å². The quantitative estimate of drug-likeness (QED) is 0.333. The van der Waals surface area contributed by atoms with E-state index in [0.717, 1.165) is 30.9 Å². The van der Waals surface area contributed by atoms with Crippen molar-refractivity contribution in [3.05, 3.63) is 74.8 Å². The molecule has 0 radical (unpaired) electrons. The molecule has 29 heavy (non-hydrogen) atoms. The maximum absolute atomic E-state index is 12.3.